The lowest BCUT2D eigenvalue weighted by Gasteiger charge is -2.17. The summed E-state index contributed by atoms with van der Waals surface area (Å²) >= 11 is 0. The molecule has 0 aliphatic heterocycles. The third-order valence-corrected chi connectivity index (χ3v) is 2.29. The highest BCUT2D eigenvalue weighted by Crippen LogP contribution is 2.03. The van der Waals surface area contributed by atoms with Gasteiger partial charge in [0, 0.05) is 19.4 Å². The van der Waals surface area contributed by atoms with Gasteiger partial charge in [0.2, 0.25) is 11.8 Å². The van der Waals surface area contributed by atoms with Gasteiger partial charge in [-0.05, 0) is 26.0 Å². The molecule has 1 rings (SSSR count). The van der Waals surface area contributed by atoms with E-state index < -0.39 is 6.04 Å². The predicted octanol–water partition coefficient (Wildman–Crippen LogP) is 0.851. The Morgan fingerprint density at radius 3 is 2.59 bits per heavy atom. The van der Waals surface area contributed by atoms with Gasteiger partial charge in [-0.2, -0.15) is 0 Å². The van der Waals surface area contributed by atoms with Crippen LogP contribution in [0, 0.1) is 0 Å². The zero-order valence-corrected chi connectivity index (χ0v) is 10.3. The largest absolute Gasteiger partial charge is 0.469 e. The average molecular weight is 238 g/mol. The number of amides is 2. The summed E-state index contributed by atoms with van der Waals surface area (Å²) in [5.41, 5.74) is 0. The van der Waals surface area contributed by atoms with E-state index in [9.17, 15) is 9.59 Å². The zero-order valence-electron chi connectivity index (χ0n) is 10.3. The molecule has 1 aromatic heterocycles. The lowest BCUT2D eigenvalue weighted by molar-refractivity contribution is -0.128. The van der Waals surface area contributed by atoms with Gasteiger partial charge in [0.15, 0.2) is 0 Å². The van der Waals surface area contributed by atoms with E-state index in [1.807, 2.05) is 19.1 Å². The molecule has 1 heterocycles. The normalized spacial score (nSPS) is 13.8. The minimum atomic E-state index is -0.522. The maximum Gasteiger partial charge on any atom is 0.242 e. The van der Waals surface area contributed by atoms with E-state index in [0.717, 1.165) is 5.76 Å². The second kappa shape index (κ2) is 6.08. The number of hydrogen-bond donors (Lipinski definition) is 2. The van der Waals surface area contributed by atoms with Crippen LogP contribution in [0.2, 0.25) is 0 Å². The van der Waals surface area contributed by atoms with Gasteiger partial charge in [0.25, 0.3) is 0 Å². The first kappa shape index (κ1) is 13.3. The molecule has 2 atom stereocenters. The van der Waals surface area contributed by atoms with Crippen LogP contribution in [0.15, 0.2) is 22.8 Å². The first-order chi connectivity index (χ1) is 7.99. The SMILES string of the molecule is CC(=O)N[C@@H](C)C(=O)N[C@@H](C)Cc1ccco1. The summed E-state index contributed by atoms with van der Waals surface area (Å²) in [5, 5.41) is 5.34. The Bertz CT molecular complexity index is 373. The fraction of sp³-hybridized carbons (Fsp3) is 0.500. The summed E-state index contributed by atoms with van der Waals surface area (Å²) in [7, 11) is 0. The summed E-state index contributed by atoms with van der Waals surface area (Å²) in [6.07, 6.45) is 2.23. The van der Waals surface area contributed by atoms with Crippen LogP contribution in [-0.2, 0) is 16.0 Å². The molecule has 0 spiro atoms. The summed E-state index contributed by atoms with van der Waals surface area (Å²) in [5.74, 6) is 0.413. The molecule has 0 saturated heterocycles. The molecule has 5 nitrogen and oxygen atoms in total. The van der Waals surface area contributed by atoms with Crippen LogP contribution >= 0.6 is 0 Å². The molecule has 0 unspecified atom stereocenters. The average Bonchev–Trinajstić information content (AvgIpc) is 2.68. The van der Waals surface area contributed by atoms with E-state index in [1.54, 1.807) is 13.2 Å². The molecule has 1 aromatic rings. The first-order valence-electron chi connectivity index (χ1n) is 5.59. The van der Waals surface area contributed by atoms with E-state index in [-0.39, 0.29) is 17.9 Å². The number of hydrogen-bond acceptors (Lipinski definition) is 3. The van der Waals surface area contributed by atoms with Gasteiger partial charge >= 0.3 is 0 Å². The Labute approximate surface area is 101 Å². The smallest absolute Gasteiger partial charge is 0.242 e. The third-order valence-electron chi connectivity index (χ3n) is 2.29. The van der Waals surface area contributed by atoms with E-state index in [0.29, 0.717) is 6.42 Å². The number of rotatable bonds is 5. The minimum absolute atomic E-state index is 0.0372. The zero-order chi connectivity index (χ0) is 12.8. The Morgan fingerprint density at radius 2 is 2.06 bits per heavy atom. The molecule has 0 radical (unpaired) electrons. The van der Waals surface area contributed by atoms with Crippen LogP contribution in [0.5, 0.6) is 0 Å². The van der Waals surface area contributed by atoms with Crippen molar-refractivity contribution in [1.82, 2.24) is 10.6 Å². The van der Waals surface area contributed by atoms with Crippen LogP contribution in [-0.4, -0.2) is 23.9 Å². The molecule has 0 aliphatic rings. The highest BCUT2D eigenvalue weighted by atomic mass is 16.3. The molecule has 0 bridgehead atoms. The molecular weight excluding hydrogens is 220 g/mol. The number of nitrogens with one attached hydrogen (secondary N) is 2. The highest BCUT2D eigenvalue weighted by Gasteiger charge is 2.16. The minimum Gasteiger partial charge on any atom is -0.469 e. The standard InChI is InChI=1S/C12H18N2O3/c1-8(7-11-5-4-6-17-11)13-12(16)9(2)14-10(3)15/h4-6,8-9H,7H2,1-3H3,(H,13,16)(H,14,15)/t8-,9-/m0/s1. The van der Waals surface area contributed by atoms with E-state index in [4.69, 9.17) is 4.42 Å². The third kappa shape index (κ3) is 4.72. The maximum atomic E-state index is 11.7. The Hall–Kier alpha value is -1.78. The Balaban J connectivity index is 2.37. The molecule has 0 fully saturated rings. The molecule has 0 saturated carbocycles. The lowest BCUT2D eigenvalue weighted by atomic mass is 10.2. The molecule has 0 aromatic carbocycles. The molecule has 2 amide bonds. The summed E-state index contributed by atoms with van der Waals surface area (Å²) in [6.45, 7) is 4.92. The van der Waals surface area contributed by atoms with Crippen molar-refractivity contribution >= 4 is 11.8 Å². The molecule has 5 heteroatoms. The summed E-state index contributed by atoms with van der Waals surface area (Å²) in [4.78, 5) is 22.5. The molecular formula is C12H18N2O3. The van der Waals surface area contributed by atoms with Crippen molar-refractivity contribution in [2.24, 2.45) is 0 Å². The molecule has 94 valence electrons. The second-order valence-corrected chi connectivity index (χ2v) is 4.12. The van der Waals surface area contributed by atoms with E-state index in [2.05, 4.69) is 10.6 Å². The van der Waals surface area contributed by atoms with Crippen molar-refractivity contribution in [1.29, 1.82) is 0 Å². The predicted molar refractivity (Wildman–Crippen MR) is 63.3 cm³/mol. The topological polar surface area (TPSA) is 71.3 Å². The van der Waals surface area contributed by atoms with Crippen molar-refractivity contribution in [3.63, 3.8) is 0 Å². The van der Waals surface area contributed by atoms with E-state index in [1.165, 1.54) is 6.92 Å². The summed E-state index contributed by atoms with van der Waals surface area (Å²) < 4.78 is 5.19. The van der Waals surface area contributed by atoms with Crippen molar-refractivity contribution in [2.75, 3.05) is 0 Å². The number of furan rings is 1. The number of carbonyl (C=O) groups excluding carboxylic acids is 2. The van der Waals surface area contributed by atoms with Crippen LogP contribution in [0.4, 0.5) is 0 Å². The van der Waals surface area contributed by atoms with E-state index >= 15 is 0 Å². The van der Waals surface area contributed by atoms with Gasteiger partial charge in [0.1, 0.15) is 11.8 Å². The van der Waals surface area contributed by atoms with Gasteiger partial charge in [-0.25, -0.2) is 0 Å². The fourth-order valence-electron chi connectivity index (χ4n) is 1.52. The molecule has 0 aliphatic carbocycles. The van der Waals surface area contributed by atoms with Crippen LogP contribution in [0.25, 0.3) is 0 Å². The fourth-order valence-corrected chi connectivity index (χ4v) is 1.52. The highest BCUT2D eigenvalue weighted by molar-refractivity contribution is 5.86. The summed E-state index contributed by atoms with van der Waals surface area (Å²) in [6, 6.07) is 3.11. The van der Waals surface area contributed by atoms with Crippen molar-refractivity contribution in [3.05, 3.63) is 24.2 Å². The second-order valence-electron chi connectivity index (χ2n) is 4.12. The Kier molecular flexibility index (Phi) is 4.75. The van der Waals surface area contributed by atoms with Gasteiger partial charge in [0.05, 0.1) is 6.26 Å². The van der Waals surface area contributed by atoms with Gasteiger partial charge in [-0.3, -0.25) is 9.59 Å². The van der Waals surface area contributed by atoms with Gasteiger partial charge < -0.3 is 15.1 Å². The lowest BCUT2D eigenvalue weighted by Crippen LogP contribution is -2.47. The molecule has 2 N–H and O–H groups in total. The monoisotopic (exact) mass is 238 g/mol. The van der Waals surface area contributed by atoms with Crippen LogP contribution in [0.1, 0.15) is 26.5 Å². The Morgan fingerprint density at radius 1 is 1.35 bits per heavy atom. The van der Waals surface area contributed by atoms with Gasteiger partial charge in [-0.1, -0.05) is 0 Å². The maximum absolute atomic E-state index is 11.7. The van der Waals surface area contributed by atoms with Crippen LogP contribution < -0.4 is 10.6 Å². The quantitative estimate of drug-likeness (QED) is 0.799. The number of carbonyl (C=O) groups is 2. The van der Waals surface area contributed by atoms with Crippen molar-refractivity contribution in [2.45, 2.75) is 39.3 Å². The van der Waals surface area contributed by atoms with Crippen molar-refractivity contribution in [3.8, 4) is 0 Å². The van der Waals surface area contributed by atoms with Crippen molar-refractivity contribution < 1.29 is 14.0 Å². The van der Waals surface area contributed by atoms with Crippen LogP contribution in [0.3, 0.4) is 0 Å². The first-order valence-corrected chi connectivity index (χ1v) is 5.59. The van der Waals surface area contributed by atoms with Gasteiger partial charge in [-0.15, -0.1) is 0 Å². The molecule has 17 heavy (non-hydrogen) atoms.